The van der Waals surface area contributed by atoms with Crippen molar-refractivity contribution < 1.29 is 29.5 Å². The smallest absolute Gasteiger partial charge is 0.331 e. The molecule has 8 heteroatoms. The van der Waals surface area contributed by atoms with E-state index in [-0.39, 0.29) is 23.4 Å². The van der Waals surface area contributed by atoms with Crippen LogP contribution in [0.25, 0.3) is 0 Å². The highest BCUT2D eigenvalue weighted by atomic mass is 32.2. The predicted molar refractivity (Wildman–Crippen MR) is 93.9 cm³/mol. The zero-order valence-electron chi connectivity index (χ0n) is 13.7. The summed E-state index contributed by atoms with van der Waals surface area (Å²) in [6.07, 6.45) is 4.67. The number of carbonyl (C=O) groups is 2. The van der Waals surface area contributed by atoms with Crippen LogP contribution in [0.1, 0.15) is 39.5 Å². The summed E-state index contributed by atoms with van der Waals surface area (Å²) in [5, 5.41) is 27.3. The van der Waals surface area contributed by atoms with Crippen molar-refractivity contribution in [2.45, 2.75) is 45.4 Å². The van der Waals surface area contributed by atoms with E-state index in [9.17, 15) is 19.3 Å². The number of allylic oxidation sites excluding steroid dienone is 1. The average Bonchev–Trinajstić information content (AvgIpc) is 2.46. The summed E-state index contributed by atoms with van der Waals surface area (Å²) in [4.78, 5) is 21.5. The molecule has 0 aliphatic heterocycles. The van der Waals surface area contributed by atoms with Crippen LogP contribution in [0.4, 0.5) is 0 Å². The molecule has 134 valence electrons. The zero-order chi connectivity index (χ0) is 17.8. The molecule has 0 amide bonds. The molecule has 0 bridgehead atoms. The molecule has 0 rings (SSSR count). The van der Waals surface area contributed by atoms with Gasteiger partial charge in [-0.05, 0) is 30.9 Å². The zero-order valence-corrected chi connectivity index (χ0v) is 15.5. The SMILES string of the molecule is CC(C)C(O)[PH](=O)CC(=CCCCCCSCC(=O)O)C(=O)O. The Bertz CT molecular complexity index is 436. The lowest BCUT2D eigenvalue weighted by Crippen LogP contribution is -2.13. The maximum atomic E-state index is 11.9. The van der Waals surface area contributed by atoms with Crippen LogP contribution in [0.2, 0.25) is 0 Å². The molecular weight excluding hydrogens is 339 g/mol. The van der Waals surface area contributed by atoms with Crippen molar-refractivity contribution in [3.05, 3.63) is 11.6 Å². The third-order valence-corrected chi connectivity index (χ3v) is 6.29. The van der Waals surface area contributed by atoms with Crippen LogP contribution in [0.15, 0.2) is 11.6 Å². The molecule has 0 aromatic rings. The lowest BCUT2D eigenvalue weighted by molar-refractivity contribution is -0.134. The van der Waals surface area contributed by atoms with Crippen LogP contribution in [0, 0.1) is 5.92 Å². The molecule has 6 nitrogen and oxygen atoms in total. The first-order chi connectivity index (χ1) is 10.8. The van der Waals surface area contributed by atoms with Gasteiger partial charge in [0, 0.05) is 11.7 Å². The Labute approximate surface area is 142 Å². The summed E-state index contributed by atoms with van der Waals surface area (Å²) in [5.41, 5.74) is 0.105. The molecule has 0 radical (unpaired) electrons. The van der Waals surface area contributed by atoms with Gasteiger partial charge in [-0.15, -0.1) is 0 Å². The van der Waals surface area contributed by atoms with Crippen LogP contribution in [0.3, 0.4) is 0 Å². The first kappa shape index (κ1) is 22.2. The number of unbranched alkanes of at least 4 members (excludes halogenated alkanes) is 3. The van der Waals surface area contributed by atoms with Gasteiger partial charge in [-0.25, -0.2) is 4.79 Å². The maximum absolute atomic E-state index is 11.9. The minimum absolute atomic E-state index is 0.0756. The molecule has 0 saturated carbocycles. The van der Waals surface area contributed by atoms with E-state index in [0.717, 1.165) is 25.0 Å². The van der Waals surface area contributed by atoms with E-state index in [2.05, 4.69) is 0 Å². The second kappa shape index (κ2) is 12.6. The van der Waals surface area contributed by atoms with E-state index in [0.29, 0.717) is 6.42 Å². The van der Waals surface area contributed by atoms with Gasteiger partial charge >= 0.3 is 11.9 Å². The largest absolute Gasteiger partial charge is 0.481 e. The van der Waals surface area contributed by atoms with Crippen molar-refractivity contribution in [1.29, 1.82) is 0 Å². The fourth-order valence-electron chi connectivity index (χ4n) is 1.86. The van der Waals surface area contributed by atoms with Crippen molar-refractivity contribution in [1.82, 2.24) is 0 Å². The van der Waals surface area contributed by atoms with Crippen LogP contribution < -0.4 is 0 Å². The molecule has 2 unspecified atom stereocenters. The number of aliphatic carboxylic acids is 2. The van der Waals surface area contributed by atoms with E-state index >= 15 is 0 Å². The lowest BCUT2D eigenvalue weighted by Gasteiger charge is -2.14. The fraction of sp³-hybridized carbons (Fsp3) is 0.733. The van der Waals surface area contributed by atoms with E-state index in [1.807, 2.05) is 0 Å². The summed E-state index contributed by atoms with van der Waals surface area (Å²) < 4.78 is 11.9. The van der Waals surface area contributed by atoms with Crippen LogP contribution in [-0.4, -0.2) is 50.8 Å². The highest BCUT2D eigenvalue weighted by Gasteiger charge is 2.20. The second-order valence-electron chi connectivity index (χ2n) is 5.66. The normalized spacial score (nSPS) is 14.7. The van der Waals surface area contributed by atoms with Crippen LogP contribution in [-0.2, 0) is 14.2 Å². The maximum Gasteiger partial charge on any atom is 0.331 e. The van der Waals surface area contributed by atoms with Gasteiger partial charge < -0.3 is 19.9 Å². The molecule has 0 aromatic heterocycles. The van der Waals surface area contributed by atoms with Gasteiger partial charge in [0.05, 0.1) is 5.75 Å². The van der Waals surface area contributed by atoms with E-state index < -0.39 is 25.6 Å². The van der Waals surface area contributed by atoms with Gasteiger partial charge in [0.1, 0.15) is 13.6 Å². The van der Waals surface area contributed by atoms with Gasteiger partial charge in [0.25, 0.3) is 0 Å². The van der Waals surface area contributed by atoms with Crippen molar-refractivity contribution in [2.75, 3.05) is 17.7 Å². The number of carboxylic acid groups (broad SMARTS) is 2. The lowest BCUT2D eigenvalue weighted by atomic mass is 10.1. The minimum Gasteiger partial charge on any atom is -0.481 e. The molecule has 0 aromatic carbocycles. The summed E-state index contributed by atoms with van der Waals surface area (Å²) >= 11 is 1.37. The third-order valence-electron chi connectivity index (χ3n) is 3.21. The molecule has 0 aliphatic carbocycles. The van der Waals surface area contributed by atoms with Crippen LogP contribution >= 0.6 is 19.6 Å². The Hall–Kier alpha value is -0.780. The topological polar surface area (TPSA) is 112 Å². The molecule has 0 aliphatic rings. The molecule has 0 heterocycles. The number of aliphatic hydroxyl groups is 1. The summed E-state index contributed by atoms with van der Waals surface area (Å²) in [7, 11) is -2.37. The van der Waals surface area contributed by atoms with Gasteiger partial charge in [-0.1, -0.05) is 26.3 Å². The van der Waals surface area contributed by atoms with Gasteiger partial charge in [-0.3, -0.25) is 4.79 Å². The molecule has 0 saturated heterocycles. The highest BCUT2D eigenvalue weighted by molar-refractivity contribution is 7.99. The fourth-order valence-corrected chi connectivity index (χ4v) is 4.21. The molecule has 0 fully saturated rings. The Balaban J connectivity index is 4.11. The molecule has 3 N–H and O–H groups in total. The second-order valence-corrected chi connectivity index (χ2v) is 8.65. The van der Waals surface area contributed by atoms with Crippen molar-refractivity contribution in [3.63, 3.8) is 0 Å². The first-order valence-corrected chi connectivity index (χ1v) is 10.5. The summed E-state index contributed by atoms with van der Waals surface area (Å²) in [5.74, 6) is -2.13. The van der Waals surface area contributed by atoms with Crippen LogP contribution in [0.5, 0.6) is 0 Å². The molecular formula is C15H27O6PS. The third kappa shape index (κ3) is 11.4. The Morgan fingerprint density at radius 1 is 1.17 bits per heavy atom. The van der Waals surface area contributed by atoms with E-state index in [4.69, 9.17) is 10.2 Å². The van der Waals surface area contributed by atoms with Crippen molar-refractivity contribution >= 4 is 31.5 Å². The number of aliphatic hydroxyl groups excluding tert-OH is 1. The number of hydrogen-bond donors (Lipinski definition) is 3. The Morgan fingerprint density at radius 3 is 2.35 bits per heavy atom. The van der Waals surface area contributed by atoms with Gasteiger partial charge in [0.15, 0.2) is 0 Å². The number of hydrogen-bond acceptors (Lipinski definition) is 5. The van der Waals surface area contributed by atoms with Crippen molar-refractivity contribution in [2.24, 2.45) is 5.92 Å². The standard InChI is InChI=1S/C15H27O6PS/c1-11(2)15(20)22(21)9-12(14(18)19)7-5-3-4-6-8-23-10-13(16)17/h7,11,15,20,22H,3-6,8-10H2,1-2H3,(H,16,17)(H,18,19). The summed E-state index contributed by atoms with van der Waals surface area (Å²) in [6.45, 7) is 3.50. The monoisotopic (exact) mass is 366 g/mol. The number of carboxylic acids is 2. The van der Waals surface area contributed by atoms with E-state index in [1.54, 1.807) is 19.9 Å². The highest BCUT2D eigenvalue weighted by Crippen LogP contribution is 2.33. The number of rotatable bonds is 13. The quantitative estimate of drug-likeness (QED) is 0.261. The average molecular weight is 366 g/mol. The minimum atomic E-state index is -2.37. The molecule has 23 heavy (non-hydrogen) atoms. The van der Waals surface area contributed by atoms with Crippen molar-refractivity contribution in [3.8, 4) is 0 Å². The first-order valence-electron chi connectivity index (χ1n) is 7.68. The Kier molecular flexibility index (Phi) is 12.2. The molecule has 0 spiro atoms. The summed E-state index contributed by atoms with van der Waals surface area (Å²) in [6, 6.07) is 0. The molecule has 2 atom stereocenters. The van der Waals surface area contributed by atoms with Gasteiger partial charge in [-0.2, -0.15) is 11.8 Å². The predicted octanol–water partition coefficient (Wildman–Crippen LogP) is 2.91. The Morgan fingerprint density at radius 2 is 1.83 bits per heavy atom. The van der Waals surface area contributed by atoms with E-state index in [1.165, 1.54) is 11.8 Å². The van der Waals surface area contributed by atoms with Gasteiger partial charge in [0.2, 0.25) is 0 Å². The number of thioether (sulfide) groups is 1.